The van der Waals surface area contributed by atoms with Gasteiger partial charge in [0.1, 0.15) is 0 Å². The first kappa shape index (κ1) is 15.0. The number of benzene rings is 2. The van der Waals surface area contributed by atoms with Crippen LogP contribution in [0.15, 0.2) is 55.6 Å². The van der Waals surface area contributed by atoms with Crippen molar-refractivity contribution in [2.24, 2.45) is 0 Å². The highest BCUT2D eigenvalue weighted by atomic mass is 14.0. The van der Waals surface area contributed by atoms with Gasteiger partial charge in [-0.05, 0) is 48.6 Å². The zero-order valence-corrected chi connectivity index (χ0v) is 12.1. The first-order valence-corrected chi connectivity index (χ1v) is 6.47. The van der Waals surface area contributed by atoms with Gasteiger partial charge in [0, 0.05) is 0 Å². The molecule has 0 bridgehead atoms. The van der Waals surface area contributed by atoms with E-state index in [1.807, 2.05) is 24.3 Å². The van der Waals surface area contributed by atoms with Crippen LogP contribution in [0.1, 0.15) is 27.8 Å². The lowest BCUT2D eigenvalue weighted by Gasteiger charge is -2.01. The number of hydrogen-bond donors (Lipinski definition) is 0. The summed E-state index contributed by atoms with van der Waals surface area (Å²) in [7, 11) is 0. The van der Waals surface area contributed by atoms with Gasteiger partial charge in [-0.1, -0.05) is 67.8 Å². The molecule has 98 valence electrons. The summed E-state index contributed by atoms with van der Waals surface area (Å²) in [4.78, 5) is 0. The highest BCUT2D eigenvalue weighted by Gasteiger charge is 1.93. The number of aryl methyl sites for hydroxylation is 2. The lowest BCUT2D eigenvalue weighted by atomic mass is 10.0. The van der Waals surface area contributed by atoms with Crippen molar-refractivity contribution in [3.63, 3.8) is 0 Å². The third-order valence-corrected chi connectivity index (χ3v) is 3.27. The van der Waals surface area contributed by atoms with E-state index >= 15 is 0 Å². The summed E-state index contributed by atoms with van der Waals surface area (Å²) in [6, 6.07) is 14.4. The van der Waals surface area contributed by atoms with Crippen molar-refractivity contribution < 1.29 is 0 Å². The van der Waals surface area contributed by atoms with Gasteiger partial charge in [0.05, 0.1) is 0 Å². The molecule has 0 heteroatoms. The van der Waals surface area contributed by atoms with Crippen molar-refractivity contribution in [3.8, 4) is 0 Å². The van der Waals surface area contributed by atoms with Gasteiger partial charge < -0.3 is 0 Å². The minimum Gasteiger partial charge on any atom is -0.0985 e. The van der Waals surface area contributed by atoms with Gasteiger partial charge in [0.25, 0.3) is 0 Å². The molecule has 0 aromatic heterocycles. The van der Waals surface area contributed by atoms with E-state index in [1.165, 1.54) is 27.8 Å². The maximum atomic E-state index is 3.73. The maximum Gasteiger partial charge on any atom is -0.0231 e. The SMILES string of the molecule is C=Cc1cccc(C)c1C.C=Cc1ccccc1C. The van der Waals surface area contributed by atoms with Crippen molar-refractivity contribution in [2.75, 3.05) is 0 Å². The highest BCUT2D eigenvalue weighted by molar-refractivity contribution is 5.53. The van der Waals surface area contributed by atoms with Crippen LogP contribution in [-0.4, -0.2) is 0 Å². The normalized spacial score (nSPS) is 9.21. The van der Waals surface area contributed by atoms with Gasteiger partial charge in [0.2, 0.25) is 0 Å². The van der Waals surface area contributed by atoms with Crippen LogP contribution >= 0.6 is 0 Å². The molecular formula is C19H22. The monoisotopic (exact) mass is 250 g/mol. The third-order valence-electron chi connectivity index (χ3n) is 3.27. The summed E-state index contributed by atoms with van der Waals surface area (Å²) < 4.78 is 0. The summed E-state index contributed by atoms with van der Waals surface area (Å²) in [6.45, 7) is 13.7. The first-order chi connectivity index (χ1) is 9.10. The van der Waals surface area contributed by atoms with Gasteiger partial charge in [-0.3, -0.25) is 0 Å². The van der Waals surface area contributed by atoms with Crippen LogP contribution in [0.4, 0.5) is 0 Å². The van der Waals surface area contributed by atoms with E-state index < -0.39 is 0 Å². The van der Waals surface area contributed by atoms with Crippen LogP contribution in [0.5, 0.6) is 0 Å². The Hall–Kier alpha value is -2.08. The van der Waals surface area contributed by atoms with E-state index in [9.17, 15) is 0 Å². The molecule has 0 nitrogen and oxygen atoms in total. The Morgan fingerprint density at radius 1 is 0.684 bits per heavy atom. The van der Waals surface area contributed by atoms with Crippen LogP contribution in [0.3, 0.4) is 0 Å². The molecule has 19 heavy (non-hydrogen) atoms. The smallest absolute Gasteiger partial charge is 0.0231 e. The Morgan fingerprint density at radius 3 is 1.68 bits per heavy atom. The fourth-order valence-corrected chi connectivity index (χ4v) is 1.81. The van der Waals surface area contributed by atoms with Gasteiger partial charge in [-0.15, -0.1) is 0 Å². The average Bonchev–Trinajstić information content (AvgIpc) is 2.43. The number of rotatable bonds is 2. The minimum atomic E-state index is 1.22. The predicted octanol–water partition coefficient (Wildman–Crippen LogP) is 5.58. The molecule has 2 aromatic carbocycles. The van der Waals surface area contributed by atoms with Crippen molar-refractivity contribution >= 4 is 12.2 Å². The molecule has 0 aliphatic carbocycles. The van der Waals surface area contributed by atoms with E-state index in [2.05, 4.69) is 64.3 Å². The number of hydrogen-bond acceptors (Lipinski definition) is 0. The van der Waals surface area contributed by atoms with Crippen LogP contribution in [0, 0.1) is 20.8 Å². The fourth-order valence-electron chi connectivity index (χ4n) is 1.81. The summed E-state index contributed by atoms with van der Waals surface area (Å²) in [5.41, 5.74) is 6.40. The molecule has 0 N–H and O–H groups in total. The molecule has 0 fully saturated rings. The largest absolute Gasteiger partial charge is 0.0985 e. The second-order valence-electron chi connectivity index (χ2n) is 4.55. The molecule has 2 rings (SSSR count). The van der Waals surface area contributed by atoms with E-state index in [1.54, 1.807) is 0 Å². The standard InChI is InChI=1S/C10H12.C9H10/c1-4-10-7-5-6-8(2)9(10)3;1-3-9-7-5-4-6-8(9)2/h4-7H,1H2,2-3H3;3-7H,1H2,2H3. The minimum absolute atomic E-state index is 1.22. The quantitative estimate of drug-likeness (QED) is 0.652. The molecule has 0 radical (unpaired) electrons. The van der Waals surface area contributed by atoms with Crippen LogP contribution in [0.2, 0.25) is 0 Å². The molecule has 2 aromatic rings. The third kappa shape index (κ3) is 4.26. The van der Waals surface area contributed by atoms with E-state index in [-0.39, 0.29) is 0 Å². The second-order valence-corrected chi connectivity index (χ2v) is 4.55. The Bertz CT molecular complexity index is 562. The van der Waals surface area contributed by atoms with Crippen molar-refractivity contribution in [1.82, 2.24) is 0 Å². The fraction of sp³-hybridized carbons (Fsp3) is 0.158. The van der Waals surface area contributed by atoms with E-state index in [0.717, 1.165) is 0 Å². The van der Waals surface area contributed by atoms with Crippen molar-refractivity contribution in [3.05, 3.63) is 83.4 Å². The van der Waals surface area contributed by atoms with Gasteiger partial charge >= 0.3 is 0 Å². The highest BCUT2D eigenvalue weighted by Crippen LogP contribution is 2.12. The molecule has 0 saturated carbocycles. The van der Waals surface area contributed by atoms with Gasteiger partial charge in [-0.2, -0.15) is 0 Å². The van der Waals surface area contributed by atoms with Crippen molar-refractivity contribution in [1.29, 1.82) is 0 Å². The lowest BCUT2D eigenvalue weighted by molar-refractivity contribution is 1.33. The summed E-state index contributed by atoms with van der Waals surface area (Å²) in [6.07, 6.45) is 3.76. The molecule has 0 aliphatic heterocycles. The first-order valence-electron chi connectivity index (χ1n) is 6.47. The van der Waals surface area contributed by atoms with Crippen molar-refractivity contribution in [2.45, 2.75) is 20.8 Å². The van der Waals surface area contributed by atoms with Gasteiger partial charge in [-0.25, -0.2) is 0 Å². The average molecular weight is 250 g/mol. The Balaban J connectivity index is 0.000000191. The summed E-state index contributed by atoms with van der Waals surface area (Å²) in [5.74, 6) is 0. The summed E-state index contributed by atoms with van der Waals surface area (Å²) in [5, 5.41) is 0. The molecule has 0 amide bonds. The molecule has 0 spiro atoms. The molecule has 0 saturated heterocycles. The molecular weight excluding hydrogens is 228 g/mol. The zero-order valence-electron chi connectivity index (χ0n) is 12.1. The Labute approximate surface area is 117 Å². The zero-order chi connectivity index (χ0) is 14.3. The molecule has 0 unspecified atom stereocenters. The van der Waals surface area contributed by atoms with Gasteiger partial charge in [0.15, 0.2) is 0 Å². The van der Waals surface area contributed by atoms with E-state index in [0.29, 0.717) is 0 Å². The topological polar surface area (TPSA) is 0 Å². The molecule has 0 aliphatic rings. The predicted molar refractivity (Wildman–Crippen MR) is 87.3 cm³/mol. The maximum absolute atomic E-state index is 3.73. The molecule has 0 heterocycles. The second kappa shape index (κ2) is 7.38. The molecule has 0 atom stereocenters. The van der Waals surface area contributed by atoms with Crippen LogP contribution < -0.4 is 0 Å². The Morgan fingerprint density at radius 2 is 1.21 bits per heavy atom. The Kier molecular flexibility index (Phi) is 5.81. The lowest BCUT2D eigenvalue weighted by Crippen LogP contribution is -1.83. The summed E-state index contributed by atoms with van der Waals surface area (Å²) >= 11 is 0. The van der Waals surface area contributed by atoms with Crippen LogP contribution in [-0.2, 0) is 0 Å². The van der Waals surface area contributed by atoms with Crippen LogP contribution in [0.25, 0.3) is 12.2 Å². The van der Waals surface area contributed by atoms with E-state index in [4.69, 9.17) is 0 Å².